The average molecular weight is 279 g/mol. The third-order valence-electron chi connectivity index (χ3n) is 2.93. The molecule has 0 saturated heterocycles. The Hall–Kier alpha value is -1.19. The summed E-state index contributed by atoms with van der Waals surface area (Å²) in [5.74, 6) is 0.317. The first-order valence-electron chi connectivity index (χ1n) is 5.84. The molecule has 2 aromatic rings. The van der Waals surface area contributed by atoms with Crippen molar-refractivity contribution in [1.82, 2.24) is 9.97 Å². The Bertz CT molecular complexity index is 632. The molecular weight excluding hydrogens is 264 g/mol. The Balaban J connectivity index is 2.67. The van der Waals surface area contributed by atoms with Gasteiger partial charge >= 0.3 is 0 Å². The van der Waals surface area contributed by atoms with E-state index in [1.807, 2.05) is 25.1 Å². The largest absolute Gasteiger partial charge is 0.346 e. The zero-order valence-electron chi connectivity index (χ0n) is 10.6. The molecule has 0 spiro atoms. The Morgan fingerprint density at radius 3 is 2.67 bits per heavy atom. The fourth-order valence-electron chi connectivity index (χ4n) is 1.93. The molecule has 0 unspecified atom stereocenters. The summed E-state index contributed by atoms with van der Waals surface area (Å²) in [6, 6.07) is 6.02. The van der Waals surface area contributed by atoms with Gasteiger partial charge < -0.3 is 4.98 Å². The summed E-state index contributed by atoms with van der Waals surface area (Å²) in [5, 5.41) is 0.762. The molecule has 0 fully saturated rings. The number of aromatic nitrogens is 2. The van der Waals surface area contributed by atoms with Crippen LogP contribution in [0.25, 0.3) is 11.3 Å². The number of hydrogen-bond acceptors (Lipinski definition) is 2. The number of nitrogens with zero attached hydrogens (tertiary/aromatic N) is 1. The van der Waals surface area contributed by atoms with Crippen LogP contribution in [0, 0.1) is 11.6 Å². The normalized spacial score (nSPS) is 10.9. The van der Waals surface area contributed by atoms with E-state index in [9.17, 15) is 0 Å². The molecule has 94 valence electrons. The minimum atomic E-state index is 0.317. The number of H-pyrrole nitrogens is 1. The lowest BCUT2D eigenvalue weighted by atomic mass is 9.98. The van der Waals surface area contributed by atoms with Crippen LogP contribution >= 0.6 is 23.8 Å². The van der Waals surface area contributed by atoms with Crippen LogP contribution in [0.3, 0.4) is 0 Å². The van der Waals surface area contributed by atoms with Gasteiger partial charge in [-0.3, -0.25) is 0 Å². The van der Waals surface area contributed by atoms with Crippen molar-refractivity contribution in [2.75, 3.05) is 0 Å². The quantitative estimate of drug-likeness (QED) is 0.792. The Labute approximate surface area is 117 Å². The van der Waals surface area contributed by atoms with Gasteiger partial charge in [0.1, 0.15) is 4.64 Å². The van der Waals surface area contributed by atoms with Crippen molar-refractivity contribution in [3.8, 4) is 11.3 Å². The smallest absolute Gasteiger partial charge is 0.133 e. The molecule has 0 bridgehead atoms. The van der Waals surface area contributed by atoms with E-state index in [-0.39, 0.29) is 0 Å². The van der Waals surface area contributed by atoms with Crippen LogP contribution in [0.5, 0.6) is 0 Å². The predicted molar refractivity (Wildman–Crippen MR) is 78.7 cm³/mol. The summed E-state index contributed by atoms with van der Waals surface area (Å²) in [4.78, 5) is 7.34. The van der Waals surface area contributed by atoms with Gasteiger partial charge in [-0.1, -0.05) is 49.8 Å². The minimum Gasteiger partial charge on any atom is -0.346 e. The number of halogens is 1. The fraction of sp³-hybridized carbons (Fsp3) is 0.286. The summed E-state index contributed by atoms with van der Waals surface area (Å²) in [6.45, 7) is 6.21. The van der Waals surface area contributed by atoms with Gasteiger partial charge in [0.25, 0.3) is 0 Å². The zero-order chi connectivity index (χ0) is 13.3. The van der Waals surface area contributed by atoms with E-state index in [4.69, 9.17) is 23.8 Å². The number of aryl methyl sites for hydroxylation is 1. The maximum absolute atomic E-state index is 6.18. The van der Waals surface area contributed by atoms with Crippen LogP contribution in [0.15, 0.2) is 24.5 Å². The van der Waals surface area contributed by atoms with Crippen LogP contribution in [0.2, 0.25) is 5.02 Å². The first kappa shape index (κ1) is 13.2. The van der Waals surface area contributed by atoms with E-state index in [0.717, 1.165) is 27.4 Å². The molecule has 0 aliphatic heterocycles. The van der Waals surface area contributed by atoms with Crippen LogP contribution in [0.4, 0.5) is 0 Å². The Kier molecular flexibility index (Phi) is 3.83. The van der Waals surface area contributed by atoms with Crippen LogP contribution in [-0.4, -0.2) is 9.97 Å². The van der Waals surface area contributed by atoms with Gasteiger partial charge in [-0.25, -0.2) is 4.98 Å². The molecule has 18 heavy (non-hydrogen) atoms. The first-order chi connectivity index (χ1) is 8.50. The number of hydrogen-bond donors (Lipinski definition) is 1. The van der Waals surface area contributed by atoms with Crippen molar-refractivity contribution in [3.05, 3.63) is 45.3 Å². The SMILES string of the molecule is Cc1ccc(-c2[nH]cnc(=S)c2C(C)C)cc1Cl. The van der Waals surface area contributed by atoms with E-state index < -0.39 is 0 Å². The number of benzene rings is 1. The minimum absolute atomic E-state index is 0.317. The molecule has 1 N–H and O–H groups in total. The van der Waals surface area contributed by atoms with E-state index in [1.165, 1.54) is 0 Å². The van der Waals surface area contributed by atoms with Crippen molar-refractivity contribution >= 4 is 23.8 Å². The van der Waals surface area contributed by atoms with Gasteiger partial charge in [0.15, 0.2) is 0 Å². The number of rotatable bonds is 2. The van der Waals surface area contributed by atoms with E-state index in [1.54, 1.807) is 6.33 Å². The molecule has 0 aliphatic rings. The highest BCUT2D eigenvalue weighted by Crippen LogP contribution is 2.30. The molecule has 4 heteroatoms. The monoisotopic (exact) mass is 278 g/mol. The van der Waals surface area contributed by atoms with Gasteiger partial charge in [-0.2, -0.15) is 0 Å². The third kappa shape index (κ3) is 2.47. The van der Waals surface area contributed by atoms with Crippen molar-refractivity contribution in [2.24, 2.45) is 0 Å². The van der Waals surface area contributed by atoms with Crippen LogP contribution < -0.4 is 0 Å². The molecule has 0 radical (unpaired) electrons. The highest BCUT2D eigenvalue weighted by Gasteiger charge is 2.12. The lowest BCUT2D eigenvalue weighted by Crippen LogP contribution is -1.99. The van der Waals surface area contributed by atoms with E-state index in [0.29, 0.717) is 10.6 Å². The summed E-state index contributed by atoms with van der Waals surface area (Å²) in [6.07, 6.45) is 1.64. The van der Waals surface area contributed by atoms with Crippen molar-refractivity contribution in [2.45, 2.75) is 26.7 Å². The standard InChI is InChI=1S/C14H15ClN2S/c1-8(2)12-13(16-7-17-14(12)18)10-5-4-9(3)11(15)6-10/h4-8H,1-3H3,(H,16,17,18). The molecule has 0 amide bonds. The zero-order valence-corrected chi connectivity index (χ0v) is 12.2. The molecule has 2 nitrogen and oxygen atoms in total. The Morgan fingerprint density at radius 1 is 1.33 bits per heavy atom. The molecule has 0 aliphatic carbocycles. The van der Waals surface area contributed by atoms with Crippen molar-refractivity contribution < 1.29 is 0 Å². The molecule has 1 aromatic carbocycles. The van der Waals surface area contributed by atoms with Gasteiger partial charge in [-0.05, 0) is 30.0 Å². The predicted octanol–water partition coefficient (Wildman–Crippen LogP) is 4.89. The highest BCUT2D eigenvalue weighted by molar-refractivity contribution is 7.71. The average Bonchev–Trinajstić information content (AvgIpc) is 2.32. The molecule has 0 saturated carbocycles. The second kappa shape index (κ2) is 5.21. The van der Waals surface area contributed by atoms with Gasteiger partial charge in [0.2, 0.25) is 0 Å². The van der Waals surface area contributed by atoms with Gasteiger partial charge in [0.05, 0.1) is 12.0 Å². The van der Waals surface area contributed by atoms with Crippen molar-refractivity contribution in [3.63, 3.8) is 0 Å². The lowest BCUT2D eigenvalue weighted by Gasteiger charge is -2.13. The molecule has 2 rings (SSSR count). The number of aromatic amines is 1. The highest BCUT2D eigenvalue weighted by atomic mass is 35.5. The van der Waals surface area contributed by atoms with E-state index in [2.05, 4.69) is 23.8 Å². The second-order valence-corrected chi connectivity index (χ2v) is 5.41. The second-order valence-electron chi connectivity index (χ2n) is 4.62. The lowest BCUT2D eigenvalue weighted by molar-refractivity contribution is 0.844. The number of nitrogens with one attached hydrogen (secondary N) is 1. The van der Waals surface area contributed by atoms with Gasteiger partial charge in [0, 0.05) is 10.6 Å². The van der Waals surface area contributed by atoms with Crippen molar-refractivity contribution in [1.29, 1.82) is 0 Å². The maximum Gasteiger partial charge on any atom is 0.133 e. The summed E-state index contributed by atoms with van der Waals surface area (Å²) >= 11 is 11.5. The molecule has 1 aromatic heterocycles. The summed E-state index contributed by atoms with van der Waals surface area (Å²) < 4.78 is 0.649. The maximum atomic E-state index is 6.18. The van der Waals surface area contributed by atoms with E-state index >= 15 is 0 Å². The molecule has 0 atom stereocenters. The molecule has 1 heterocycles. The van der Waals surface area contributed by atoms with Crippen LogP contribution in [-0.2, 0) is 0 Å². The first-order valence-corrected chi connectivity index (χ1v) is 6.63. The molecular formula is C14H15ClN2S. The summed E-state index contributed by atoms with van der Waals surface area (Å²) in [7, 11) is 0. The fourth-order valence-corrected chi connectivity index (χ4v) is 2.50. The van der Waals surface area contributed by atoms with Gasteiger partial charge in [-0.15, -0.1) is 0 Å². The third-order valence-corrected chi connectivity index (χ3v) is 3.66. The Morgan fingerprint density at radius 2 is 2.06 bits per heavy atom. The topological polar surface area (TPSA) is 28.7 Å². The van der Waals surface area contributed by atoms with Crippen LogP contribution in [0.1, 0.15) is 30.9 Å². The summed E-state index contributed by atoms with van der Waals surface area (Å²) in [5.41, 5.74) is 4.18.